The van der Waals surface area contributed by atoms with Crippen LogP contribution in [0, 0.1) is 0 Å². The van der Waals surface area contributed by atoms with Crippen molar-refractivity contribution in [2.24, 2.45) is 0 Å². The smallest absolute Gasteiger partial charge is 0.339 e. The first-order valence-electron chi connectivity index (χ1n) is 15.3. The molecule has 2 N–H and O–H groups in total. The van der Waals surface area contributed by atoms with Gasteiger partial charge in [0.05, 0.1) is 37.2 Å². The van der Waals surface area contributed by atoms with Crippen molar-refractivity contribution in [1.82, 2.24) is 4.90 Å². The number of unbranched alkanes of at least 4 members (excludes halogenated alkanes) is 2. The summed E-state index contributed by atoms with van der Waals surface area (Å²) in [4.78, 5) is 29.2. The largest absolute Gasteiger partial charge is 0.497 e. The van der Waals surface area contributed by atoms with Crippen LogP contribution in [0.5, 0.6) is 11.5 Å². The van der Waals surface area contributed by atoms with E-state index in [1.54, 1.807) is 21.0 Å². The van der Waals surface area contributed by atoms with Gasteiger partial charge >= 0.3 is 11.9 Å². The van der Waals surface area contributed by atoms with Crippen LogP contribution in [-0.2, 0) is 30.2 Å². The predicted molar refractivity (Wildman–Crippen MR) is 153 cm³/mol. The van der Waals surface area contributed by atoms with Crippen molar-refractivity contribution in [1.29, 1.82) is 0 Å². The zero-order valence-corrected chi connectivity index (χ0v) is 25.3. The van der Waals surface area contributed by atoms with Crippen LogP contribution in [0.15, 0.2) is 24.0 Å². The highest BCUT2D eigenvalue weighted by atomic mass is 16.7. The fraction of sp³-hybridized carbons (Fsp3) is 0.688. The number of hydrogen-bond donors (Lipinski definition) is 2. The molecule has 0 radical (unpaired) electrons. The number of benzene rings is 1. The predicted octanol–water partition coefficient (Wildman–Crippen LogP) is 3.75. The molecule has 1 aromatic carbocycles. The summed E-state index contributed by atoms with van der Waals surface area (Å²) >= 11 is 0. The van der Waals surface area contributed by atoms with Gasteiger partial charge in [-0.3, -0.25) is 9.69 Å². The molecule has 1 aromatic rings. The summed E-state index contributed by atoms with van der Waals surface area (Å²) in [6, 6.07) is 4.01. The summed E-state index contributed by atoms with van der Waals surface area (Å²) in [5, 5.41) is 22.1. The van der Waals surface area contributed by atoms with Gasteiger partial charge in [0.2, 0.25) is 6.79 Å². The second-order valence-corrected chi connectivity index (χ2v) is 12.7. The molecule has 0 unspecified atom stereocenters. The lowest BCUT2D eigenvalue weighted by atomic mass is 9.77. The van der Waals surface area contributed by atoms with Gasteiger partial charge in [-0.1, -0.05) is 19.8 Å². The Morgan fingerprint density at radius 3 is 2.60 bits per heavy atom. The number of nitrogens with zero attached hydrogens (tertiary/aromatic N) is 1. The van der Waals surface area contributed by atoms with Crippen molar-refractivity contribution >= 4 is 11.9 Å². The lowest BCUT2D eigenvalue weighted by Gasteiger charge is -2.39. The molecule has 0 saturated carbocycles. The lowest BCUT2D eigenvalue weighted by molar-refractivity contribution is -0.180. The van der Waals surface area contributed by atoms with Gasteiger partial charge in [0, 0.05) is 6.54 Å². The van der Waals surface area contributed by atoms with E-state index in [0.717, 1.165) is 56.3 Å². The Kier molecular flexibility index (Phi) is 8.79. The molecule has 1 fully saturated rings. The molecule has 0 amide bonds. The summed E-state index contributed by atoms with van der Waals surface area (Å²) in [5.41, 5.74) is -1.69. The van der Waals surface area contributed by atoms with E-state index in [1.165, 1.54) is 0 Å². The number of rotatable bonds is 12. The molecule has 10 nitrogen and oxygen atoms in total. The summed E-state index contributed by atoms with van der Waals surface area (Å²) in [5.74, 6) is -0.0590. The Bertz CT molecular complexity index is 1210. The molecule has 0 aromatic heterocycles. The SMILES string of the molecule is CCCCCOC(=O)C[C@](O)(CCC(C)(C)O)C(=O)O[C@@H]1C(OC)=C[C@]23CCCN2CCc2cc4c(cc2[C@H]13)OCO4. The van der Waals surface area contributed by atoms with Gasteiger partial charge in [-0.25, -0.2) is 4.79 Å². The minimum atomic E-state index is -2.19. The van der Waals surface area contributed by atoms with Crippen molar-refractivity contribution in [2.45, 2.75) is 107 Å². The quantitative estimate of drug-likeness (QED) is 0.276. The molecule has 1 aliphatic carbocycles. The molecule has 42 heavy (non-hydrogen) atoms. The van der Waals surface area contributed by atoms with Crippen molar-refractivity contribution in [2.75, 3.05) is 33.6 Å². The van der Waals surface area contributed by atoms with Crippen LogP contribution >= 0.6 is 0 Å². The number of fused-ring (bicyclic) bond motifs is 3. The molecular weight excluding hydrogens is 542 g/mol. The van der Waals surface area contributed by atoms with Gasteiger partial charge < -0.3 is 33.9 Å². The number of hydrogen-bond acceptors (Lipinski definition) is 10. The van der Waals surface area contributed by atoms with Crippen molar-refractivity contribution in [3.63, 3.8) is 0 Å². The van der Waals surface area contributed by atoms with Crippen LogP contribution < -0.4 is 9.47 Å². The van der Waals surface area contributed by atoms with Gasteiger partial charge in [0.25, 0.3) is 0 Å². The molecule has 4 atom stereocenters. The van der Waals surface area contributed by atoms with E-state index in [1.807, 2.05) is 12.1 Å². The maximum atomic E-state index is 14.0. The number of ether oxygens (including phenoxy) is 5. The Balaban J connectivity index is 1.46. The van der Waals surface area contributed by atoms with Crippen LogP contribution in [0.4, 0.5) is 0 Å². The topological polar surface area (TPSA) is 124 Å². The third-order valence-electron chi connectivity index (χ3n) is 9.18. The van der Waals surface area contributed by atoms with Crippen LogP contribution in [0.3, 0.4) is 0 Å². The second kappa shape index (κ2) is 12.1. The molecule has 3 heterocycles. The highest BCUT2D eigenvalue weighted by Gasteiger charge is 2.59. The molecule has 232 valence electrons. The van der Waals surface area contributed by atoms with Gasteiger partial charge in [0.1, 0.15) is 5.76 Å². The summed E-state index contributed by atoms with van der Waals surface area (Å²) in [7, 11) is 1.56. The van der Waals surface area contributed by atoms with E-state index in [9.17, 15) is 19.8 Å². The molecular formula is C32H45NO9. The zero-order chi connectivity index (χ0) is 30.1. The van der Waals surface area contributed by atoms with Gasteiger partial charge in [-0.05, 0) is 88.3 Å². The fourth-order valence-electron chi connectivity index (χ4n) is 6.92. The monoisotopic (exact) mass is 587 g/mol. The van der Waals surface area contributed by atoms with Crippen molar-refractivity contribution in [3.8, 4) is 11.5 Å². The average molecular weight is 588 g/mol. The van der Waals surface area contributed by atoms with E-state index >= 15 is 0 Å². The first-order valence-corrected chi connectivity index (χ1v) is 15.3. The third kappa shape index (κ3) is 5.98. The zero-order valence-electron chi connectivity index (χ0n) is 25.3. The number of esters is 2. The Morgan fingerprint density at radius 1 is 1.12 bits per heavy atom. The minimum absolute atomic E-state index is 0.0762. The van der Waals surface area contributed by atoms with E-state index in [0.29, 0.717) is 23.7 Å². The molecule has 1 spiro atoms. The normalized spacial score (nSPS) is 25.9. The molecule has 5 rings (SSSR count). The minimum Gasteiger partial charge on any atom is -0.497 e. The first kappa shape index (κ1) is 30.6. The molecule has 0 bridgehead atoms. The summed E-state index contributed by atoms with van der Waals surface area (Å²) in [6.07, 6.45) is 5.83. The fourth-order valence-corrected chi connectivity index (χ4v) is 6.92. The molecule has 10 heteroatoms. The number of aliphatic hydroxyl groups is 2. The molecule has 1 saturated heterocycles. The van der Waals surface area contributed by atoms with E-state index in [-0.39, 0.29) is 32.2 Å². The average Bonchev–Trinajstić information content (AvgIpc) is 3.63. The van der Waals surface area contributed by atoms with Crippen LogP contribution in [0.1, 0.15) is 89.2 Å². The number of methoxy groups -OCH3 is 1. The van der Waals surface area contributed by atoms with Crippen molar-refractivity contribution < 1.29 is 43.5 Å². The molecule has 4 aliphatic rings. The highest BCUT2D eigenvalue weighted by molar-refractivity contribution is 5.86. The van der Waals surface area contributed by atoms with Gasteiger partial charge in [-0.15, -0.1) is 0 Å². The maximum Gasteiger partial charge on any atom is 0.339 e. The third-order valence-corrected chi connectivity index (χ3v) is 9.18. The van der Waals surface area contributed by atoms with Crippen LogP contribution in [0.25, 0.3) is 0 Å². The Labute approximate surface area is 247 Å². The van der Waals surface area contributed by atoms with E-state index in [2.05, 4.69) is 17.9 Å². The first-order chi connectivity index (χ1) is 20.0. The molecule has 3 aliphatic heterocycles. The number of carbonyl (C=O) groups is 2. The second-order valence-electron chi connectivity index (χ2n) is 12.7. The number of carbonyl (C=O) groups excluding carboxylic acids is 2. The summed E-state index contributed by atoms with van der Waals surface area (Å²) < 4.78 is 28.8. The van der Waals surface area contributed by atoms with Gasteiger partial charge in [-0.2, -0.15) is 0 Å². The van der Waals surface area contributed by atoms with Crippen LogP contribution in [-0.4, -0.2) is 83.5 Å². The Morgan fingerprint density at radius 2 is 1.88 bits per heavy atom. The van der Waals surface area contributed by atoms with Crippen molar-refractivity contribution in [3.05, 3.63) is 35.1 Å². The van der Waals surface area contributed by atoms with Crippen LogP contribution in [0.2, 0.25) is 0 Å². The Hall–Kier alpha value is -2.82. The standard InChI is InChI=1S/C32H45NO9/c1-5-6-7-15-39-26(34)19-32(37,12-11-30(2,3)36)29(35)42-28-25(38-4)18-31-10-8-13-33(31)14-9-21-16-23-24(41-20-40-23)17-22(21)27(28)31/h16-18,27-28,36-37H,5-15,19-20H2,1-4H3/t27-,28-,31+,32-/m1/s1. The lowest BCUT2D eigenvalue weighted by Crippen LogP contribution is -2.49. The van der Waals surface area contributed by atoms with E-state index in [4.69, 9.17) is 23.7 Å². The summed E-state index contributed by atoms with van der Waals surface area (Å²) in [6.45, 7) is 7.35. The van der Waals surface area contributed by atoms with E-state index < -0.39 is 41.2 Å². The van der Waals surface area contributed by atoms with Gasteiger partial charge in [0.15, 0.2) is 23.2 Å². The highest BCUT2D eigenvalue weighted by Crippen LogP contribution is 2.55. The maximum absolute atomic E-state index is 14.0.